The van der Waals surface area contributed by atoms with E-state index in [1.807, 2.05) is 33.8 Å². The summed E-state index contributed by atoms with van der Waals surface area (Å²) < 4.78 is 5.91. The van der Waals surface area contributed by atoms with Crippen molar-refractivity contribution in [3.05, 3.63) is 0 Å². The van der Waals surface area contributed by atoms with Crippen LogP contribution in [0, 0.1) is 11.3 Å². The van der Waals surface area contributed by atoms with E-state index in [2.05, 4.69) is 17.8 Å². The van der Waals surface area contributed by atoms with Gasteiger partial charge in [-0.1, -0.05) is 0 Å². The van der Waals surface area contributed by atoms with Crippen molar-refractivity contribution in [2.75, 3.05) is 12.8 Å². The summed E-state index contributed by atoms with van der Waals surface area (Å²) in [4.78, 5) is 23.9. The van der Waals surface area contributed by atoms with Crippen LogP contribution in [0.5, 0.6) is 0 Å². The Balaban J connectivity index is 5.62. The molecule has 0 aliphatic heterocycles. The minimum atomic E-state index is -4.90. The van der Waals surface area contributed by atoms with Gasteiger partial charge < -0.3 is 0 Å². The van der Waals surface area contributed by atoms with Crippen LogP contribution in [0.4, 0.5) is 0 Å². The maximum absolute atomic E-state index is 11.4. The number of rotatable bonds is 15. The quantitative estimate of drug-likeness (QED) is 0.163. The van der Waals surface area contributed by atoms with Gasteiger partial charge in [-0.25, -0.2) is 0 Å². The number of nitrogens with zero attached hydrogens (tertiary/aromatic N) is 2. The molecule has 0 aromatic heterocycles. The standard InChI is InChI=1S/C17H39N4O4P/c1-6-7-8-10-17(11-13-22)25-26(23,24,14-9-12-18)21(19-15(2)3)20-16(4)5/h15-17,19-20,22-24H,6-11,13-14H2,1-5H3. The van der Waals surface area contributed by atoms with Crippen LogP contribution >= 0.6 is 7.43 Å². The summed E-state index contributed by atoms with van der Waals surface area (Å²) in [5.74, 6) is 0. The Hall–Kier alpha value is -0.360. The molecule has 0 rings (SSSR count). The van der Waals surface area contributed by atoms with E-state index in [0.29, 0.717) is 12.8 Å². The molecule has 0 spiro atoms. The monoisotopic (exact) mass is 394 g/mol. The zero-order valence-electron chi connectivity index (χ0n) is 17.0. The van der Waals surface area contributed by atoms with Crippen LogP contribution in [0.25, 0.3) is 0 Å². The van der Waals surface area contributed by atoms with Crippen LogP contribution in [0.1, 0.15) is 73.1 Å². The third-order valence-corrected chi connectivity index (χ3v) is 6.49. The van der Waals surface area contributed by atoms with E-state index in [1.54, 1.807) is 0 Å². The molecule has 0 aliphatic carbocycles. The van der Waals surface area contributed by atoms with Crippen molar-refractivity contribution in [3.63, 3.8) is 0 Å². The number of unbranched alkanes of at least 4 members (excludes halogenated alkanes) is 2. The molecule has 0 saturated carbocycles. The Bertz CT molecular complexity index is 419. The predicted octanol–water partition coefficient (Wildman–Crippen LogP) is 2.57. The van der Waals surface area contributed by atoms with Gasteiger partial charge in [0.15, 0.2) is 0 Å². The first-order valence-electron chi connectivity index (χ1n) is 9.59. The number of aliphatic hydroxyl groups is 1. The molecule has 0 aliphatic rings. The zero-order chi connectivity index (χ0) is 20.2. The summed E-state index contributed by atoms with van der Waals surface area (Å²) in [5.41, 5.74) is 6.00. The second-order valence-corrected chi connectivity index (χ2v) is 10.5. The van der Waals surface area contributed by atoms with Gasteiger partial charge in [0, 0.05) is 0 Å². The van der Waals surface area contributed by atoms with Gasteiger partial charge in [0.1, 0.15) is 0 Å². The van der Waals surface area contributed by atoms with E-state index in [1.165, 1.54) is 4.89 Å². The van der Waals surface area contributed by atoms with Gasteiger partial charge in [0.25, 0.3) is 0 Å². The molecule has 0 radical (unpaired) electrons. The molecule has 0 aromatic carbocycles. The van der Waals surface area contributed by atoms with Crippen LogP contribution in [-0.2, 0) is 4.52 Å². The van der Waals surface area contributed by atoms with Crippen molar-refractivity contribution in [1.29, 1.82) is 5.26 Å². The van der Waals surface area contributed by atoms with Crippen LogP contribution in [0.15, 0.2) is 0 Å². The second-order valence-electron chi connectivity index (χ2n) is 7.31. The molecular formula is C17H39N4O4P. The average molecular weight is 394 g/mol. The van der Waals surface area contributed by atoms with Crippen molar-refractivity contribution in [2.45, 2.75) is 91.3 Å². The van der Waals surface area contributed by atoms with Crippen molar-refractivity contribution in [1.82, 2.24) is 15.7 Å². The summed E-state index contributed by atoms with van der Waals surface area (Å²) in [6.07, 6.45) is 3.10. The van der Waals surface area contributed by atoms with Crippen molar-refractivity contribution in [3.8, 4) is 6.07 Å². The zero-order valence-corrected chi connectivity index (χ0v) is 17.9. The summed E-state index contributed by atoms with van der Waals surface area (Å²) in [6.45, 7) is 9.50. The first-order valence-corrected chi connectivity index (χ1v) is 11.8. The molecule has 5 N–H and O–H groups in total. The van der Waals surface area contributed by atoms with Gasteiger partial charge in [-0.15, -0.1) is 0 Å². The van der Waals surface area contributed by atoms with E-state index < -0.39 is 13.5 Å². The van der Waals surface area contributed by atoms with Gasteiger partial charge in [-0.3, -0.25) is 0 Å². The number of nitriles is 1. The normalized spacial score (nSPS) is 15.2. The molecule has 0 amide bonds. The molecule has 0 saturated heterocycles. The minimum absolute atomic E-state index is 0.0539. The summed E-state index contributed by atoms with van der Waals surface area (Å²) >= 11 is 0. The van der Waals surface area contributed by atoms with E-state index in [-0.39, 0.29) is 31.3 Å². The third-order valence-electron chi connectivity index (χ3n) is 3.72. The predicted molar refractivity (Wildman–Crippen MR) is 106 cm³/mol. The SMILES string of the molecule is CCCCCC(CCO)OP(O)(O)(CCC#N)N(NC(C)C)NC(C)C. The van der Waals surface area contributed by atoms with Gasteiger partial charge in [0.2, 0.25) is 0 Å². The van der Waals surface area contributed by atoms with Crippen LogP contribution in [0.2, 0.25) is 0 Å². The number of nitrogens with one attached hydrogen (secondary N) is 2. The summed E-state index contributed by atoms with van der Waals surface area (Å²) in [7, 11) is -4.90. The molecule has 156 valence electrons. The molecule has 8 nitrogen and oxygen atoms in total. The van der Waals surface area contributed by atoms with Gasteiger partial charge in [0.05, 0.1) is 0 Å². The maximum atomic E-state index is 11.4. The number of hydrogen-bond donors (Lipinski definition) is 5. The number of hydrogen-bond acceptors (Lipinski definition) is 8. The van der Waals surface area contributed by atoms with Crippen molar-refractivity contribution < 1.29 is 19.4 Å². The first kappa shape index (κ1) is 25.6. The van der Waals surface area contributed by atoms with E-state index in [0.717, 1.165) is 19.3 Å². The molecule has 0 fully saturated rings. The fraction of sp³-hybridized carbons (Fsp3) is 0.941. The molecule has 26 heavy (non-hydrogen) atoms. The van der Waals surface area contributed by atoms with E-state index >= 15 is 0 Å². The molecule has 1 atom stereocenters. The Kier molecular flexibility index (Phi) is 12.0. The average Bonchev–Trinajstić information content (AvgIpc) is 2.52. The molecule has 0 aromatic rings. The van der Waals surface area contributed by atoms with Crippen LogP contribution in [0.3, 0.4) is 0 Å². The van der Waals surface area contributed by atoms with Crippen molar-refractivity contribution in [2.24, 2.45) is 0 Å². The molecule has 0 bridgehead atoms. The second kappa shape index (κ2) is 12.2. The topological polar surface area (TPSA) is 121 Å². The molecule has 0 heterocycles. The summed E-state index contributed by atoms with van der Waals surface area (Å²) in [5, 5.41) is 18.3. The van der Waals surface area contributed by atoms with E-state index in [4.69, 9.17) is 9.79 Å². The molecular weight excluding hydrogens is 355 g/mol. The molecule has 1 unspecified atom stereocenters. The Morgan fingerprint density at radius 2 is 1.65 bits per heavy atom. The Morgan fingerprint density at radius 3 is 2.08 bits per heavy atom. The van der Waals surface area contributed by atoms with E-state index in [9.17, 15) is 14.9 Å². The first-order chi connectivity index (χ1) is 12.1. The number of aliphatic hydroxyl groups excluding tert-OH is 1. The Labute approximate surface area is 158 Å². The van der Waals surface area contributed by atoms with Gasteiger partial charge >= 0.3 is 158 Å². The number of hydrazine groups is 2. The van der Waals surface area contributed by atoms with Crippen LogP contribution < -0.4 is 10.9 Å². The molecule has 9 heteroatoms. The van der Waals surface area contributed by atoms with Gasteiger partial charge in [-0.05, 0) is 0 Å². The van der Waals surface area contributed by atoms with Crippen molar-refractivity contribution >= 4 is 7.43 Å². The third kappa shape index (κ3) is 9.54. The summed E-state index contributed by atoms with van der Waals surface area (Å²) in [6, 6.07) is 1.81. The Morgan fingerprint density at radius 1 is 1.08 bits per heavy atom. The van der Waals surface area contributed by atoms with Crippen LogP contribution in [-0.4, -0.2) is 50.7 Å². The fourth-order valence-corrected chi connectivity index (χ4v) is 5.16. The fourth-order valence-electron chi connectivity index (χ4n) is 2.53. The van der Waals surface area contributed by atoms with Gasteiger partial charge in [-0.2, -0.15) is 0 Å².